The van der Waals surface area contributed by atoms with Gasteiger partial charge in [-0.05, 0) is 17.7 Å². The van der Waals surface area contributed by atoms with Crippen LogP contribution in [-0.2, 0) is 16.0 Å². The second-order valence-electron chi connectivity index (χ2n) is 9.14. The summed E-state index contributed by atoms with van der Waals surface area (Å²) < 4.78 is 16.5. The molecule has 1 aliphatic heterocycles. The van der Waals surface area contributed by atoms with Crippen molar-refractivity contribution in [2.24, 2.45) is 0 Å². The van der Waals surface area contributed by atoms with Crippen LogP contribution >= 0.6 is 23.2 Å². The lowest BCUT2D eigenvalue weighted by Gasteiger charge is -2.20. The summed E-state index contributed by atoms with van der Waals surface area (Å²) in [4.78, 5) is 26.2. The Morgan fingerprint density at radius 1 is 1.07 bits per heavy atom. The number of anilines is 1. The summed E-state index contributed by atoms with van der Waals surface area (Å²) in [5.41, 5.74) is 3.45. The topological polar surface area (TPSA) is 107 Å². The molecule has 0 bridgehead atoms. The van der Waals surface area contributed by atoms with Crippen LogP contribution in [0.5, 0.6) is 11.5 Å². The molecule has 1 saturated heterocycles. The molecule has 5 rings (SSSR count). The van der Waals surface area contributed by atoms with Crippen LogP contribution in [0.4, 0.5) is 5.95 Å². The Morgan fingerprint density at radius 3 is 2.45 bits per heavy atom. The summed E-state index contributed by atoms with van der Waals surface area (Å²) >= 11 is 13.5. The summed E-state index contributed by atoms with van der Waals surface area (Å²) in [6.07, 6.45) is 3.46. The van der Waals surface area contributed by atoms with Crippen LogP contribution in [0, 0.1) is 0 Å². The van der Waals surface area contributed by atoms with E-state index < -0.39 is 0 Å². The van der Waals surface area contributed by atoms with E-state index in [1.165, 1.54) is 20.3 Å². The van der Waals surface area contributed by atoms with E-state index in [0.29, 0.717) is 69.6 Å². The predicted molar refractivity (Wildman–Crippen MR) is 155 cm³/mol. The van der Waals surface area contributed by atoms with Gasteiger partial charge in [0.05, 0.1) is 66.5 Å². The number of ether oxygens (including phenoxy) is 3. The highest BCUT2D eigenvalue weighted by atomic mass is 35.5. The van der Waals surface area contributed by atoms with E-state index in [1.807, 2.05) is 36.4 Å². The largest absolute Gasteiger partial charge is 0.495 e. The predicted octanol–water partition coefficient (Wildman–Crippen LogP) is 5.09. The number of hydrogen-bond donors (Lipinski definition) is 2. The van der Waals surface area contributed by atoms with Crippen molar-refractivity contribution in [3.8, 4) is 22.8 Å². The van der Waals surface area contributed by atoms with Crippen LogP contribution in [0.3, 0.4) is 0 Å². The lowest BCUT2D eigenvalue weighted by atomic mass is 10.0. The van der Waals surface area contributed by atoms with Gasteiger partial charge >= 0.3 is 0 Å². The molecule has 0 unspecified atom stereocenters. The minimum absolute atomic E-state index is 0.215. The summed E-state index contributed by atoms with van der Waals surface area (Å²) in [7, 11) is 3.05. The van der Waals surface area contributed by atoms with E-state index in [-0.39, 0.29) is 18.0 Å². The zero-order valence-electron chi connectivity index (χ0n) is 21.9. The molecule has 2 aromatic heterocycles. The summed E-state index contributed by atoms with van der Waals surface area (Å²) in [6, 6.07) is 13.0. The molecular weight excluding hydrogens is 553 g/mol. The van der Waals surface area contributed by atoms with Gasteiger partial charge in [-0.1, -0.05) is 60.1 Å². The minimum Gasteiger partial charge on any atom is -0.495 e. The second-order valence-corrected chi connectivity index (χ2v) is 9.90. The molecule has 0 aliphatic carbocycles. The van der Waals surface area contributed by atoms with Gasteiger partial charge < -0.3 is 24.8 Å². The van der Waals surface area contributed by atoms with Crippen LogP contribution in [0.1, 0.15) is 11.3 Å². The van der Waals surface area contributed by atoms with Crippen molar-refractivity contribution in [2.75, 3.05) is 32.8 Å². The number of aromatic nitrogens is 3. The standard InChI is InChI=1S/C29H27Cl2N5O4/c1-4-24(37)34-20-14-40-15-21(20)35-29-32-13-17-11-18(25-26(30)22(38-2)12-23(39-3)27(25)31)33-19(28(17)36-29)10-16-8-6-5-7-9-16/h4-9,11-13,20-21H,1,10,14-15H2,2-3H3,(H,34,37)(H,32,35,36)/t20-,21+/m0/s1. The first-order chi connectivity index (χ1) is 19.4. The highest BCUT2D eigenvalue weighted by Gasteiger charge is 2.30. The number of nitrogens with zero attached hydrogens (tertiary/aromatic N) is 3. The fourth-order valence-corrected chi connectivity index (χ4v) is 5.27. The number of methoxy groups -OCH3 is 2. The zero-order valence-corrected chi connectivity index (χ0v) is 23.4. The van der Waals surface area contributed by atoms with Crippen LogP contribution in [0.25, 0.3) is 22.2 Å². The third-order valence-corrected chi connectivity index (χ3v) is 7.34. The number of halogens is 2. The van der Waals surface area contributed by atoms with Gasteiger partial charge in [0.25, 0.3) is 0 Å². The Morgan fingerprint density at radius 2 is 1.77 bits per heavy atom. The van der Waals surface area contributed by atoms with Crippen LogP contribution in [0.15, 0.2) is 61.3 Å². The monoisotopic (exact) mass is 579 g/mol. The van der Waals surface area contributed by atoms with E-state index in [1.54, 1.807) is 12.3 Å². The zero-order chi connectivity index (χ0) is 28.2. The van der Waals surface area contributed by atoms with Gasteiger partial charge in [-0.3, -0.25) is 9.78 Å². The number of pyridine rings is 1. The van der Waals surface area contributed by atoms with Crippen molar-refractivity contribution in [3.63, 3.8) is 0 Å². The fourth-order valence-electron chi connectivity index (χ4n) is 4.57. The Labute approximate surface area is 241 Å². The van der Waals surface area contributed by atoms with Crippen molar-refractivity contribution in [3.05, 3.63) is 82.6 Å². The molecule has 1 fully saturated rings. The van der Waals surface area contributed by atoms with Crippen molar-refractivity contribution in [2.45, 2.75) is 18.5 Å². The molecule has 3 heterocycles. The highest BCUT2D eigenvalue weighted by molar-refractivity contribution is 6.41. The Hall–Kier alpha value is -3.92. The molecular formula is C29H27Cl2N5O4. The average Bonchev–Trinajstić information content (AvgIpc) is 3.40. The lowest BCUT2D eigenvalue weighted by Crippen LogP contribution is -2.45. The maximum atomic E-state index is 11.8. The molecule has 4 aromatic rings. The third kappa shape index (κ3) is 5.67. The van der Waals surface area contributed by atoms with Gasteiger partial charge in [-0.25, -0.2) is 9.97 Å². The maximum Gasteiger partial charge on any atom is 0.243 e. The molecule has 11 heteroatoms. The molecule has 2 aromatic carbocycles. The SMILES string of the molecule is C=CC(=O)N[C@H]1COC[C@H]1Nc1ncc2cc(-c3c(Cl)c(OC)cc(OC)c3Cl)nc(Cc3ccccc3)c2n1. The number of benzene rings is 2. The summed E-state index contributed by atoms with van der Waals surface area (Å²) in [6.45, 7) is 4.28. The van der Waals surface area contributed by atoms with Gasteiger partial charge in [0.15, 0.2) is 0 Å². The number of carbonyl (C=O) groups excluding carboxylic acids is 1. The number of nitrogens with one attached hydrogen (secondary N) is 2. The fraction of sp³-hybridized carbons (Fsp3) is 0.241. The number of fused-ring (bicyclic) bond motifs is 1. The van der Waals surface area contributed by atoms with E-state index in [2.05, 4.69) is 22.2 Å². The lowest BCUT2D eigenvalue weighted by molar-refractivity contribution is -0.117. The second kappa shape index (κ2) is 12.1. The number of carbonyl (C=O) groups is 1. The van der Waals surface area contributed by atoms with Gasteiger partial charge in [-0.15, -0.1) is 0 Å². The average molecular weight is 580 g/mol. The molecule has 1 amide bonds. The number of rotatable bonds is 9. The third-order valence-electron chi connectivity index (χ3n) is 6.59. The summed E-state index contributed by atoms with van der Waals surface area (Å²) in [5.74, 6) is 0.952. The van der Waals surface area contributed by atoms with E-state index >= 15 is 0 Å². The first-order valence-corrected chi connectivity index (χ1v) is 13.3. The summed E-state index contributed by atoms with van der Waals surface area (Å²) in [5, 5.41) is 7.56. The molecule has 40 heavy (non-hydrogen) atoms. The Bertz CT molecular complexity index is 1540. The van der Waals surface area contributed by atoms with Crippen LogP contribution in [-0.4, -0.2) is 60.4 Å². The van der Waals surface area contributed by atoms with E-state index in [9.17, 15) is 4.79 Å². The Balaban J connectivity index is 1.60. The van der Waals surface area contributed by atoms with Crippen LogP contribution < -0.4 is 20.1 Å². The van der Waals surface area contributed by atoms with E-state index in [4.69, 9.17) is 47.4 Å². The smallest absolute Gasteiger partial charge is 0.243 e. The molecule has 0 spiro atoms. The van der Waals surface area contributed by atoms with Crippen molar-refractivity contribution in [1.29, 1.82) is 0 Å². The van der Waals surface area contributed by atoms with Gasteiger partial charge in [-0.2, -0.15) is 0 Å². The molecule has 2 N–H and O–H groups in total. The maximum absolute atomic E-state index is 11.8. The van der Waals surface area contributed by atoms with Crippen molar-refractivity contribution in [1.82, 2.24) is 20.3 Å². The van der Waals surface area contributed by atoms with Gasteiger partial charge in [0.2, 0.25) is 11.9 Å². The first-order valence-electron chi connectivity index (χ1n) is 12.5. The molecule has 1 aliphatic rings. The number of hydrogen-bond acceptors (Lipinski definition) is 8. The highest BCUT2D eigenvalue weighted by Crippen LogP contribution is 2.46. The van der Waals surface area contributed by atoms with Crippen molar-refractivity contribution < 1.29 is 19.0 Å². The van der Waals surface area contributed by atoms with Gasteiger partial charge in [0, 0.05) is 29.6 Å². The molecule has 9 nitrogen and oxygen atoms in total. The van der Waals surface area contributed by atoms with E-state index in [0.717, 1.165) is 10.9 Å². The van der Waals surface area contributed by atoms with Gasteiger partial charge in [0.1, 0.15) is 11.5 Å². The Kier molecular flexibility index (Phi) is 8.35. The normalized spacial score (nSPS) is 16.5. The number of amides is 1. The van der Waals surface area contributed by atoms with Crippen LogP contribution in [0.2, 0.25) is 10.0 Å². The first kappa shape index (κ1) is 27.6. The molecule has 0 radical (unpaired) electrons. The minimum atomic E-state index is -0.268. The quantitative estimate of drug-likeness (QED) is 0.264. The molecule has 206 valence electrons. The molecule has 0 saturated carbocycles. The molecule has 2 atom stereocenters. The van der Waals surface area contributed by atoms with Crippen molar-refractivity contribution >= 4 is 46.0 Å².